The molecule has 0 bridgehead atoms. The van der Waals surface area contributed by atoms with Gasteiger partial charge in [0.25, 0.3) is 5.91 Å². The molecule has 0 spiro atoms. The standard InChI is InChI=1S/C15H21ClN2O6S3.C2HF3O2/c1-24-7-5-18-27(22,23)11-2-3-13(16)12(10-11)15(21)17-6-9-26-25-8-4-14(19)20;3-2(4,5)1(6)7/h2-3,10,18H,4-9H2,1H3,(H,17,21)(H,19,20);(H,6,7). The normalized spacial score (nSPS) is 11.3. The number of carboxylic acids is 2. The highest BCUT2D eigenvalue weighted by Crippen LogP contribution is 2.22. The lowest BCUT2D eigenvalue weighted by molar-refractivity contribution is -0.192. The number of hydrogen-bond donors (Lipinski definition) is 4. The minimum absolute atomic E-state index is 0.0632. The summed E-state index contributed by atoms with van der Waals surface area (Å²) < 4.78 is 63.3. The highest BCUT2D eigenvalue weighted by molar-refractivity contribution is 8.76. The van der Waals surface area contributed by atoms with Crippen LogP contribution in [0.2, 0.25) is 5.02 Å². The summed E-state index contributed by atoms with van der Waals surface area (Å²) in [6.45, 7) is 0.672. The average molecular weight is 571 g/mol. The van der Waals surface area contributed by atoms with Crippen molar-refractivity contribution in [2.24, 2.45) is 0 Å². The van der Waals surface area contributed by atoms with E-state index in [2.05, 4.69) is 10.0 Å². The van der Waals surface area contributed by atoms with Gasteiger partial charge in [-0.25, -0.2) is 17.9 Å². The molecule has 0 atom stereocenters. The first-order valence-corrected chi connectivity index (χ1v) is 13.4. The molecule has 0 aromatic heterocycles. The van der Waals surface area contributed by atoms with Crippen molar-refractivity contribution in [2.75, 3.05) is 38.3 Å². The number of nitrogens with one attached hydrogen (secondary N) is 2. The first-order chi connectivity index (χ1) is 15.7. The molecule has 0 fully saturated rings. The summed E-state index contributed by atoms with van der Waals surface area (Å²) in [5.41, 5.74) is 0.0646. The summed E-state index contributed by atoms with van der Waals surface area (Å²) >= 11 is 6.02. The number of rotatable bonds is 13. The quantitative estimate of drug-likeness (QED) is 0.205. The number of sulfonamides is 1. The Bertz CT molecular complexity index is 933. The largest absolute Gasteiger partial charge is 0.490 e. The Morgan fingerprint density at radius 3 is 2.24 bits per heavy atom. The third-order valence-electron chi connectivity index (χ3n) is 3.29. The summed E-state index contributed by atoms with van der Waals surface area (Å²) in [4.78, 5) is 31.5. The maximum absolute atomic E-state index is 12.3. The molecule has 194 valence electrons. The molecule has 1 aromatic rings. The number of carboxylic acid groups (broad SMARTS) is 2. The zero-order valence-electron chi connectivity index (χ0n) is 17.6. The number of ether oxygens (including phenoxy) is 1. The molecule has 1 aromatic carbocycles. The SMILES string of the molecule is COCCNS(=O)(=O)c1ccc(Cl)c(C(=O)NCCSSCCC(=O)O)c1.O=C(O)C(F)(F)F. The molecule has 1 amide bonds. The number of alkyl halides is 3. The van der Waals surface area contributed by atoms with E-state index in [1.807, 2.05) is 0 Å². The smallest absolute Gasteiger partial charge is 0.481 e. The van der Waals surface area contributed by atoms with Crippen LogP contribution in [0.4, 0.5) is 13.2 Å². The Morgan fingerprint density at radius 2 is 1.71 bits per heavy atom. The number of methoxy groups -OCH3 is 1. The molecule has 0 aliphatic rings. The van der Waals surface area contributed by atoms with E-state index in [-0.39, 0.29) is 35.1 Å². The average Bonchev–Trinajstić information content (AvgIpc) is 2.72. The van der Waals surface area contributed by atoms with Crippen LogP contribution in [-0.4, -0.2) is 81.0 Å². The van der Waals surface area contributed by atoms with E-state index in [0.29, 0.717) is 18.1 Å². The molecule has 1 rings (SSSR count). The highest BCUT2D eigenvalue weighted by atomic mass is 35.5. The molecular formula is C17H22ClF3N2O8S3. The molecule has 0 aliphatic carbocycles. The summed E-state index contributed by atoms with van der Waals surface area (Å²) in [6.07, 6.45) is -5.00. The molecule has 10 nitrogen and oxygen atoms in total. The van der Waals surface area contributed by atoms with Crippen LogP contribution in [-0.2, 0) is 24.3 Å². The van der Waals surface area contributed by atoms with Crippen LogP contribution in [0.25, 0.3) is 0 Å². The predicted octanol–water partition coefficient (Wildman–Crippen LogP) is 2.48. The molecule has 17 heteroatoms. The van der Waals surface area contributed by atoms with Crippen molar-refractivity contribution >= 4 is 61.1 Å². The molecule has 0 saturated carbocycles. The van der Waals surface area contributed by atoms with Gasteiger partial charge in [0.1, 0.15) is 0 Å². The number of carbonyl (C=O) groups is 3. The van der Waals surface area contributed by atoms with E-state index in [9.17, 15) is 31.2 Å². The monoisotopic (exact) mass is 570 g/mol. The van der Waals surface area contributed by atoms with Crippen LogP contribution >= 0.6 is 33.2 Å². The number of amides is 1. The molecular weight excluding hydrogens is 549 g/mol. The number of halogens is 4. The van der Waals surface area contributed by atoms with E-state index in [4.69, 9.17) is 31.3 Å². The van der Waals surface area contributed by atoms with Crippen LogP contribution in [0.1, 0.15) is 16.8 Å². The van der Waals surface area contributed by atoms with Gasteiger partial charge in [-0.1, -0.05) is 33.2 Å². The Balaban J connectivity index is 0.00000135. The topological polar surface area (TPSA) is 159 Å². The Hall–Kier alpha value is -1.72. The van der Waals surface area contributed by atoms with E-state index < -0.39 is 34.0 Å². The van der Waals surface area contributed by atoms with Crippen LogP contribution in [0.15, 0.2) is 23.1 Å². The third kappa shape index (κ3) is 13.9. The number of aliphatic carboxylic acids is 2. The van der Waals surface area contributed by atoms with E-state index in [1.54, 1.807) is 0 Å². The van der Waals surface area contributed by atoms with Crippen molar-refractivity contribution in [3.8, 4) is 0 Å². The molecule has 0 radical (unpaired) electrons. The van der Waals surface area contributed by atoms with E-state index in [0.717, 1.165) is 0 Å². The van der Waals surface area contributed by atoms with Crippen molar-refractivity contribution in [3.05, 3.63) is 28.8 Å². The second-order valence-electron chi connectivity index (χ2n) is 5.88. The van der Waals surface area contributed by atoms with Gasteiger partial charge in [-0.2, -0.15) is 13.2 Å². The number of benzene rings is 1. The highest BCUT2D eigenvalue weighted by Gasteiger charge is 2.38. The van der Waals surface area contributed by atoms with Gasteiger partial charge in [-0.3, -0.25) is 9.59 Å². The Morgan fingerprint density at radius 1 is 1.12 bits per heavy atom. The summed E-state index contributed by atoms with van der Waals surface area (Å²) in [5.74, 6) is -3.03. The fourth-order valence-corrected chi connectivity index (χ4v) is 4.88. The molecule has 0 heterocycles. The lowest BCUT2D eigenvalue weighted by Gasteiger charge is -2.10. The van der Waals surface area contributed by atoms with Gasteiger partial charge in [0.2, 0.25) is 10.0 Å². The maximum atomic E-state index is 12.3. The van der Waals surface area contributed by atoms with Crippen molar-refractivity contribution in [2.45, 2.75) is 17.5 Å². The summed E-state index contributed by atoms with van der Waals surface area (Å²) in [5, 5.41) is 18.5. The van der Waals surface area contributed by atoms with Gasteiger partial charge in [0.05, 0.1) is 28.5 Å². The van der Waals surface area contributed by atoms with Crippen LogP contribution < -0.4 is 10.0 Å². The fourth-order valence-electron chi connectivity index (χ4n) is 1.76. The van der Waals surface area contributed by atoms with Crippen molar-refractivity contribution in [1.29, 1.82) is 0 Å². The van der Waals surface area contributed by atoms with Crippen LogP contribution in [0.3, 0.4) is 0 Å². The number of hydrogen-bond acceptors (Lipinski definition) is 8. The Labute approximate surface area is 206 Å². The zero-order chi connectivity index (χ0) is 26.4. The first-order valence-electron chi connectivity index (χ1n) is 9.05. The maximum Gasteiger partial charge on any atom is 0.490 e. The van der Waals surface area contributed by atoms with Crippen LogP contribution in [0, 0.1) is 0 Å². The van der Waals surface area contributed by atoms with Gasteiger partial charge in [-0.15, -0.1) is 0 Å². The zero-order valence-corrected chi connectivity index (χ0v) is 20.8. The fraction of sp³-hybridized carbons (Fsp3) is 0.471. The van der Waals surface area contributed by atoms with Crippen molar-refractivity contribution in [3.63, 3.8) is 0 Å². The minimum atomic E-state index is -5.08. The molecule has 0 aliphatic heterocycles. The second kappa shape index (κ2) is 16.0. The lowest BCUT2D eigenvalue weighted by Crippen LogP contribution is -2.28. The predicted molar refractivity (Wildman–Crippen MR) is 122 cm³/mol. The van der Waals surface area contributed by atoms with E-state index >= 15 is 0 Å². The summed E-state index contributed by atoms with van der Waals surface area (Å²) in [6, 6.07) is 3.91. The van der Waals surface area contributed by atoms with Gasteiger partial charge in [0, 0.05) is 31.7 Å². The van der Waals surface area contributed by atoms with E-state index in [1.165, 1.54) is 46.9 Å². The van der Waals surface area contributed by atoms with Crippen molar-refractivity contribution in [1.82, 2.24) is 10.0 Å². The molecule has 0 saturated heterocycles. The second-order valence-corrected chi connectivity index (χ2v) is 10.8. The molecule has 4 N–H and O–H groups in total. The van der Waals surface area contributed by atoms with Crippen LogP contribution in [0.5, 0.6) is 0 Å². The third-order valence-corrected chi connectivity index (χ3v) is 7.48. The minimum Gasteiger partial charge on any atom is -0.481 e. The first kappa shape index (κ1) is 32.3. The molecule has 0 unspecified atom stereocenters. The van der Waals surface area contributed by atoms with Gasteiger partial charge < -0.3 is 20.3 Å². The molecule has 34 heavy (non-hydrogen) atoms. The summed E-state index contributed by atoms with van der Waals surface area (Å²) in [7, 11) is 0.540. The number of carbonyl (C=O) groups excluding carboxylic acids is 1. The van der Waals surface area contributed by atoms with Gasteiger partial charge in [-0.05, 0) is 18.2 Å². The van der Waals surface area contributed by atoms with Gasteiger partial charge >= 0.3 is 18.1 Å². The van der Waals surface area contributed by atoms with Gasteiger partial charge in [0.15, 0.2) is 0 Å². The Kier molecular flexibility index (Phi) is 15.2. The lowest BCUT2D eigenvalue weighted by atomic mass is 10.2. The van der Waals surface area contributed by atoms with Crippen molar-refractivity contribution < 1.29 is 50.9 Å².